The minimum atomic E-state index is -3.75. The van der Waals surface area contributed by atoms with E-state index in [1.807, 2.05) is 25.1 Å². The van der Waals surface area contributed by atoms with Crippen molar-refractivity contribution >= 4 is 21.6 Å². The lowest BCUT2D eigenvalue weighted by atomic mass is 9.98. The van der Waals surface area contributed by atoms with Crippen molar-refractivity contribution in [2.24, 2.45) is 0 Å². The summed E-state index contributed by atoms with van der Waals surface area (Å²) in [7, 11) is 0.513. The first-order valence-electron chi connectivity index (χ1n) is 8.61. The number of methoxy groups -OCH3 is 1. The molecule has 6 nitrogen and oxygen atoms in total. The molecule has 0 heterocycles. The number of anilines is 1. The van der Waals surface area contributed by atoms with E-state index in [1.165, 1.54) is 33.3 Å². The molecule has 0 aromatic heterocycles. The third-order valence-corrected chi connectivity index (χ3v) is 6.19. The van der Waals surface area contributed by atoms with Gasteiger partial charge in [0.15, 0.2) is 0 Å². The normalized spacial score (nSPS) is 11.7. The van der Waals surface area contributed by atoms with E-state index in [9.17, 15) is 13.2 Å². The molecule has 0 atom stereocenters. The summed E-state index contributed by atoms with van der Waals surface area (Å²) in [6, 6.07) is 10.2. The van der Waals surface area contributed by atoms with Crippen LogP contribution in [0.15, 0.2) is 41.3 Å². The van der Waals surface area contributed by atoms with Crippen molar-refractivity contribution in [3.8, 4) is 5.75 Å². The van der Waals surface area contributed by atoms with Crippen molar-refractivity contribution < 1.29 is 17.9 Å². The molecule has 0 saturated heterocycles. The number of ether oxygens (including phenoxy) is 1. The van der Waals surface area contributed by atoms with Gasteiger partial charge < -0.3 is 10.1 Å². The first-order valence-corrected chi connectivity index (χ1v) is 10.0. The average Bonchev–Trinajstić information content (AvgIpc) is 2.62. The molecule has 7 heteroatoms. The van der Waals surface area contributed by atoms with E-state index in [-0.39, 0.29) is 28.0 Å². The fraction of sp³-hybridized carbons (Fsp3) is 0.350. The molecule has 146 valence electrons. The number of hydrogen-bond acceptors (Lipinski definition) is 4. The molecule has 2 rings (SSSR count). The molecule has 0 unspecified atom stereocenters. The van der Waals surface area contributed by atoms with Crippen molar-refractivity contribution in [1.82, 2.24) is 4.31 Å². The Morgan fingerprint density at radius 2 is 1.81 bits per heavy atom. The molecule has 0 aliphatic rings. The van der Waals surface area contributed by atoms with Crippen molar-refractivity contribution in [3.05, 3.63) is 53.1 Å². The van der Waals surface area contributed by atoms with Crippen molar-refractivity contribution in [2.45, 2.75) is 31.6 Å². The van der Waals surface area contributed by atoms with Crippen molar-refractivity contribution in [2.75, 3.05) is 26.5 Å². The molecule has 0 bridgehead atoms. The number of carbonyl (C=O) groups is 1. The Morgan fingerprint density at radius 3 is 2.37 bits per heavy atom. The first-order chi connectivity index (χ1) is 12.6. The molecule has 27 heavy (non-hydrogen) atoms. The van der Waals surface area contributed by atoms with Gasteiger partial charge in [-0.3, -0.25) is 4.79 Å². The Balaban J connectivity index is 2.48. The minimum Gasteiger partial charge on any atom is -0.495 e. The zero-order chi connectivity index (χ0) is 20.4. The quantitative estimate of drug-likeness (QED) is 0.817. The predicted molar refractivity (Wildman–Crippen MR) is 107 cm³/mol. The van der Waals surface area contributed by atoms with Gasteiger partial charge in [0.1, 0.15) is 10.6 Å². The van der Waals surface area contributed by atoms with Crippen LogP contribution in [0.1, 0.15) is 41.3 Å². The molecule has 0 aliphatic heterocycles. The first kappa shape index (κ1) is 20.9. The molecule has 0 aliphatic carbocycles. The maximum absolute atomic E-state index is 12.8. The second-order valence-electron chi connectivity index (χ2n) is 6.80. The topological polar surface area (TPSA) is 75.7 Å². The van der Waals surface area contributed by atoms with E-state index in [4.69, 9.17) is 4.74 Å². The smallest absolute Gasteiger partial charge is 0.255 e. The maximum Gasteiger partial charge on any atom is 0.255 e. The van der Waals surface area contributed by atoms with Gasteiger partial charge in [-0.1, -0.05) is 32.0 Å². The summed E-state index contributed by atoms with van der Waals surface area (Å²) in [5.41, 5.74) is 2.97. The van der Waals surface area contributed by atoms with E-state index in [1.54, 1.807) is 6.07 Å². The predicted octanol–water partition coefficient (Wildman–Crippen LogP) is 3.63. The Hall–Kier alpha value is -2.38. The van der Waals surface area contributed by atoms with E-state index in [2.05, 4.69) is 19.2 Å². The minimum absolute atomic E-state index is 0.0449. The summed E-state index contributed by atoms with van der Waals surface area (Å²) in [6.45, 7) is 6.04. The largest absolute Gasteiger partial charge is 0.495 e. The lowest BCUT2D eigenvalue weighted by Gasteiger charge is -2.18. The SMILES string of the molecule is COc1ccc(C(=O)Nc2c(C)cccc2C(C)C)cc1S(=O)(=O)N(C)C. The third-order valence-electron chi connectivity index (χ3n) is 4.35. The van der Waals surface area contributed by atoms with E-state index in [0.29, 0.717) is 0 Å². The van der Waals surface area contributed by atoms with Crippen molar-refractivity contribution in [3.63, 3.8) is 0 Å². The number of benzene rings is 2. The summed E-state index contributed by atoms with van der Waals surface area (Å²) >= 11 is 0. The Bertz CT molecular complexity index is 950. The Kier molecular flexibility index (Phi) is 6.28. The van der Waals surface area contributed by atoms with Crippen LogP contribution in [-0.2, 0) is 10.0 Å². The van der Waals surface area contributed by atoms with E-state index in [0.717, 1.165) is 21.1 Å². The standard InChI is InChI=1S/C20H26N2O4S/c1-13(2)16-9-7-8-14(3)19(16)21-20(23)15-10-11-17(26-6)18(12-15)27(24,25)22(4)5/h7-13H,1-6H3,(H,21,23). The molecular formula is C20H26N2O4S. The van der Waals surface area contributed by atoms with Gasteiger partial charge in [-0.05, 0) is 42.2 Å². The number of para-hydroxylation sites is 1. The van der Waals surface area contributed by atoms with Crippen LogP contribution < -0.4 is 10.1 Å². The molecular weight excluding hydrogens is 364 g/mol. The third kappa shape index (κ3) is 4.31. The van der Waals surface area contributed by atoms with Gasteiger partial charge in [-0.2, -0.15) is 0 Å². The van der Waals surface area contributed by atoms with Crippen LogP contribution in [-0.4, -0.2) is 39.8 Å². The molecule has 2 aromatic carbocycles. The zero-order valence-electron chi connectivity index (χ0n) is 16.5. The number of sulfonamides is 1. The van der Waals surface area contributed by atoms with Crippen molar-refractivity contribution in [1.29, 1.82) is 0 Å². The molecule has 0 spiro atoms. The summed E-state index contributed by atoms with van der Waals surface area (Å²) in [5.74, 6) is 0.0591. The van der Waals surface area contributed by atoms with E-state index < -0.39 is 10.0 Å². The highest BCUT2D eigenvalue weighted by atomic mass is 32.2. The fourth-order valence-electron chi connectivity index (χ4n) is 2.74. The van der Waals surface area contributed by atoms with Gasteiger partial charge >= 0.3 is 0 Å². The molecule has 0 fully saturated rings. The number of nitrogens with zero attached hydrogens (tertiary/aromatic N) is 1. The molecule has 1 N–H and O–H groups in total. The average molecular weight is 391 g/mol. The number of amides is 1. The van der Waals surface area contributed by atoms with Gasteiger partial charge in [0.05, 0.1) is 7.11 Å². The Labute approximate surface area is 161 Å². The van der Waals surface area contributed by atoms with Crippen LogP contribution in [0.5, 0.6) is 5.75 Å². The highest BCUT2D eigenvalue weighted by molar-refractivity contribution is 7.89. The second kappa shape index (κ2) is 8.10. The van der Waals surface area contributed by atoms with Crippen LogP contribution in [0.3, 0.4) is 0 Å². The van der Waals surface area contributed by atoms with Crippen LogP contribution in [0, 0.1) is 6.92 Å². The van der Waals surface area contributed by atoms with Crippen LogP contribution in [0.2, 0.25) is 0 Å². The second-order valence-corrected chi connectivity index (χ2v) is 8.92. The lowest BCUT2D eigenvalue weighted by Crippen LogP contribution is -2.23. The summed E-state index contributed by atoms with van der Waals surface area (Å²) < 4.78 is 31.4. The zero-order valence-corrected chi connectivity index (χ0v) is 17.3. The van der Waals surface area contributed by atoms with Gasteiger partial charge in [-0.15, -0.1) is 0 Å². The summed E-state index contributed by atoms with van der Waals surface area (Å²) in [5, 5.41) is 2.93. The Morgan fingerprint density at radius 1 is 1.15 bits per heavy atom. The monoisotopic (exact) mass is 390 g/mol. The molecule has 0 radical (unpaired) electrons. The van der Waals surface area contributed by atoms with Gasteiger partial charge in [0.2, 0.25) is 10.0 Å². The van der Waals surface area contributed by atoms with Gasteiger partial charge in [0.25, 0.3) is 5.91 Å². The van der Waals surface area contributed by atoms with Gasteiger partial charge in [0, 0.05) is 25.3 Å². The highest BCUT2D eigenvalue weighted by Gasteiger charge is 2.24. The maximum atomic E-state index is 12.8. The molecule has 2 aromatic rings. The van der Waals surface area contributed by atoms with Crippen LogP contribution >= 0.6 is 0 Å². The van der Waals surface area contributed by atoms with Gasteiger partial charge in [-0.25, -0.2) is 12.7 Å². The van der Waals surface area contributed by atoms with Crippen LogP contribution in [0.25, 0.3) is 0 Å². The number of rotatable bonds is 6. The van der Waals surface area contributed by atoms with Crippen LogP contribution in [0.4, 0.5) is 5.69 Å². The molecule has 1 amide bonds. The number of hydrogen-bond donors (Lipinski definition) is 1. The fourth-order valence-corrected chi connectivity index (χ4v) is 3.82. The summed E-state index contributed by atoms with van der Waals surface area (Å²) in [6.07, 6.45) is 0. The summed E-state index contributed by atoms with van der Waals surface area (Å²) in [4.78, 5) is 12.8. The van der Waals surface area contributed by atoms with E-state index >= 15 is 0 Å². The molecule has 0 saturated carbocycles. The number of aryl methyl sites for hydroxylation is 1. The lowest BCUT2D eigenvalue weighted by molar-refractivity contribution is 0.102. The number of nitrogens with one attached hydrogen (secondary N) is 1. The number of carbonyl (C=O) groups excluding carboxylic acids is 1. The highest BCUT2D eigenvalue weighted by Crippen LogP contribution is 2.30.